The van der Waals surface area contributed by atoms with E-state index in [2.05, 4.69) is 29.4 Å². The minimum atomic E-state index is -0.0864. The van der Waals surface area contributed by atoms with Gasteiger partial charge in [-0.15, -0.1) is 0 Å². The lowest BCUT2D eigenvalue weighted by Crippen LogP contribution is -2.29. The molecule has 0 aliphatic heterocycles. The minimum Gasteiger partial charge on any atom is -0.352 e. The summed E-state index contributed by atoms with van der Waals surface area (Å²) >= 11 is 0. The van der Waals surface area contributed by atoms with Crippen LogP contribution < -0.4 is 10.6 Å². The van der Waals surface area contributed by atoms with E-state index in [0.29, 0.717) is 24.2 Å². The largest absolute Gasteiger partial charge is 0.352 e. The molecule has 0 heterocycles. The van der Waals surface area contributed by atoms with E-state index in [1.54, 1.807) is 24.3 Å². The van der Waals surface area contributed by atoms with Gasteiger partial charge in [-0.1, -0.05) is 44.2 Å². The summed E-state index contributed by atoms with van der Waals surface area (Å²) in [5.41, 5.74) is 2.25. The number of rotatable bonds is 10. The van der Waals surface area contributed by atoms with Crippen LogP contribution in [-0.4, -0.2) is 42.9 Å². The average Bonchev–Trinajstić information content (AvgIpc) is 2.69. The molecule has 5 nitrogen and oxygen atoms in total. The molecule has 0 aliphatic carbocycles. The molecule has 2 aromatic carbocycles. The predicted octanol–water partition coefficient (Wildman–Crippen LogP) is 3.33. The van der Waals surface area contributed by atoms with E-state index in [1.807, 2.05) is 30.3 Å². The molecule has 0 radical (unpaired) electrons. The third-order valence-corrected chi connectivity index (χ3v) is 4.47. The van der Waals surface area contributed by atoms with Gasteiger partial charge < -0.3 is 15.5 Å². The van der Waals surface area contributed by atoms with Gasteiger partial charge in [0.05, 0.1) is 6.42 Å². The number of nitrogens with one attached hydrogen (secondary N) is 2. The van der Waals surface area contributed by atoms with Crippen LogP contribution in [0, 0.1) is 0 Å². The van der Waals surface area contributed by atoms with Gasteiger partial charge in [0.1, 0.15) is 0 Å². The second-order valence-electron chi connectivity index (χ2n) is 6.42. The Morgan fingerprint density at radius 1 is 0.926 bits per heavy atom. The first-order valence-corrected chi connectivity index (χ1v) is 9.56. The van der Waals surface area contributed by atoms with Crippen molar-refractivity contribution in [1.29, 1.82) is 0 Å². The van der Waals surface area contributed by atoms with E-state index in [0.717, 1.165) is 31.6 Å². The molecule has 0 atom stereocenters. The Balaban J connectivity index is 1.76. The van der Waals surface area contributed by atoms with Crippen molar-refractivity contribution in [2.75, 3.05) is 31.5 Å². The topological polar surface area (TPSA) is 61.4 Å². The van der Waals surface area contributed by atoms with Crippen LogP contribution >= 0.6 is 0 Å². The fraction of sp³-hybridized carbons (Fsp3) is 0.364. The first kappa shape index (κ1) is 20.6. The van der Waals surface area contributed by atoms with Crippen molar-refractivity contribution in [2.24, 2.45) is 0 Å². The zero-order chi connectivity index (χ0) is 19.5. The van der Waals surface area contributed by atoms with Crippen molar-refractivity contribution in [3.8, 4) is 0 Å². The lowest BCUT2D eigenvalue weighted by Gasteiger charge is -2.17. The highest BCUT2D eigenvalue weighted by atomic mass is 16.2. The highest BCUT2D eigenvalue weighted by Crippen LogP contribution is 2.11. The van der Waals surface area contributed by atoms with Gasteiger partial charge in [0.15, 0.2) is 0 Å². The van der Waals surface area contributed by atoms with Crippen LogP contribution in [0.2, 0.25) is 0 Å². The summed E-state index contributed by atoms with van der Waals surface area (Å²) in [4.78, 5) is 26.6. The summed E-state index contributed by atoms with van der Waals surface area (Å²) in [6.45, 7) is 7.99. The van der Waals surface area contributed by atoms with Gasteiger partial charge in [0.25, 0.3) is 5.91 Å². The summed E-state index contributed by atoms with van der Waals surface area (Å²) < 4.78 is 0. The lowest BCUT2D eigenvalue weighted by molar-refractivity contribution is -0.115. The van der Waals surface area contributed by atoms with Crippen molar-refractivity contribution in [3.05, 3.63) is 65.7 Å². The monoisotopic (exact) mass is 367 g/mol. The molecular weight excluding hydrogens is 338 g/mol. The standard InChI is InChI=1S/C22H29N3O2/c1-3-25(4-2)16-8-15-23-22(27)19-11-13-20(14-12-19)24-21(26)17-18-9-6-5-7-10-18/h5-7,9-14H,3-4,8,15-17H2,1-2H3,(H,23,27)(H,24,26). The average molecular weight is 367 g/mol. The molecule has 0 fully saturated rings. The van der Waals surface area contributed by atoms with Crippen LogP contribution in [0.5, 0.6) is 0 Å². The maximum Gasteiger partial charge on any atom is 0.251 e. The molecule has 2 aromatic rings. The van der Waals surface area contributed by atoms with Gasteiger partial charge in [-0.05, 0) is 55.9 Å². The van der Waals surface area contributed by atoms with Crippen LogP contribution in [0.25, 0.3) is 0 Å². The van der Waals surface area contributed by atoms with E-state index >= 15 is 0 Å². The van der Waals surface area contributed by atoms with Crippen molar-refractivity contribution in [1.82, 2.24) is 10.2 Å². The SMILES string of the molecule is CCN(CC)CCCNC(=O)c1ccc(NC(=O)Cc2ccccc2)cc1. The first-order valence-electron chi connectivity index (χ1n) is 9.56. The Hall–Kier alpha value is -2.66. The molecular formula is C22H29N3O2. The third kappa shape index (κ3) is 7.23. The molecule has 0 aliphatic rings. The zero-order valence-electron chi connectivity index (χ0n) is 16.2. The maximum atomic E-state index is 12.2. The molecule has 2 rings (SSSR count). The van der Waals surface area contributed by atoms with Gasteiger partial charge in [-0.25, -0.2) is 0 Å². The van der Waals surface area contributed by atoms with E-state index in [9.17, 15) is 9.59 Å². The van der Waals surface area contributed by atoms with Gasteiger partial charge in [0.2, 0.25) is 5.91 Å². The van der Waals surface area contributed by atoms with Crippen molar-refractivity contribution in [2.45, 2.75) is 26.7 Å². The summed E-state index contributed by atoms with van der Waals surface area (Å²) in [6.07, 6.45) is 1.26. The normalized spacial score (nSPS) is 10.6. The summed E-state index contributed by atoms with van der Waals surface area (Å²) in [5, 5.41) is 5.80. The van der Waals surface area contributed by atoms with Crippen LogP contribution in [0.15, 0.2) is 54.6 Å². The number of carbonyl (C=O) groups excluding carboxylic acids is 2. The van der Waals surface area contributed by atoms with Crippen LogP contribution in [0.1, 0.15) is 36.2 Å². The molecule has 0 bridgehead atoms. The molecule has 144 valence electrons. The van der Waals surface area contributed by atoms with E-state index in [4.69, 9.17) is 0 Å². The summed E-state index contributed by atoms with van der Waals surface area (Å²) in [7, 11) is 0. The van der Waals surface area contributed by atoms with Crippen molar-refractivity contribution < 1.29 is 9.59 Å². The Bertz CT molecular complexity index is 710. The Morgan fingerprint density at radius 3 is 2.22 bits per heavy atom. The second kappa shape index (κ2) is 11.1. The molecule has 0 unspecified atom stereocenters. The highest BCUT2D eigenvalue weighted by molar-refractivity contribution is 5.96. The van der Waals surface area contributed by atoms with Crippen LogP contribution in [0.4, 0.5) is 5.69 Å². The maximum absolute atomic E-state index is 12.2. The Morgan fingerprint density at radius 2 is 1.59 bits per heavy atom. The molecule has 2 amide bonds. The number of amides is 2. The van der Waals surface area contributed by atoms with Crippen molar-refractivity contribution >= 4 is 17.5 Å². The van der Waals surface area contributed by atoms with Gasteiger partial charge in [-0.2, -0.15) is 0 Å². The number of benzene rings is 2. The number of anilines is 1. The third-order valence-electron chi connectivity index (χ3n) is 4.47. The number of carbonyl (C=O) groups is 2. The van der Waals surface area contributed by atoms with Gasteiger partial charge >= 0.3 is 0 Å². The molecule has 0 saturated heterocycles. The van der Waals surface area contributed by atoms with E-state index in [1.165, 1.54) is 0 Å². The number of nitrogens with zero attached hydrogens (tertiary/aromatic N) is 1. The Kier molecular flexibility index (Phi) is 8.52. The zero-order valence-corrected chi connectivity index (χ0v) is 16.2. The molecule has 2 N–H and O–H groups in total. The second-order valence-corrected chi connectivity index (χ2v) is 6.42. The summed E-state index contributed by atoms with van der Waals surface area (Å²) in [5.74, 6) is -0.161. The van der Waals surface area contributed by atoms with Crippen LogP contribution in [-0.2, 0) is 11.2 Å². The fourth-order valence-electron chi connectivity index (χ4n) is 2.84. The molecule has 5 heteroatoms. The lowest BCUT2D eigenvalue weighted by atomic mass is 10.1. The molecule has 27 heavy (non-hydrogen) atoms. The highest BCUT2D eigenvalue weighted by Gasteiger charge is 2.07. The number of hydrogen-bond acceptors (Lipinski definition) is 3. The van der Waals surface area contributed by atoms with Crippen molar-refractivity contribution in [3.63, 3.8) is 0 Å². The van der Waals surface area contributed by atoms with E-state index in [-0.39, 0.29) is 11.8 Å². The minimum absolute atomic E-state index is 0.0743. The van der Waals surface area contributed by atoms with Crippen LogP contribution in [0.3, 0.4) is 0 Å². The molecule has 0 spiro atoms. The van der Waals surface area contributed by atoms with E-state index < -0.39 is 0 Å². The quantitative estimate of drug-likeness (QED) is 0.633. The number of hydrogen-bond donors (Lipinski definition) is 2. The van der Waals surface area contributed by atoms with Gasteiger partial charge in [0, 0.05) is 17.8 Å². The fourth-order valence-corrected chi connectivity index (χ4v) is 2.84. The molecule has 0 aromatic heterocycles. The first-order chi connectivity index (χ1) is 13.1. The van der Waals surface area contributed by atoms with Gasteiger partial charge in [-0.3, -0.25) is 9.59 Å². The molecule has 0 saturated carbocycles. The smallest absolute Gasteiger partial charge is 0.251 e. The Labute approximate surface area is 161 Å². The summed E-state index contributed by atoms with van der Waals surface area (Å²) in [6, 6.07) is 16.6. The predicted molar refractivity (Wildman–Crippen MR) is 110 cm³/mol.